The van der Waals surface area contributed by atoms with Crippen LogP contribution in [0.4, 0.5) is 5.69 Å². The summed E-state index contributed by atoms with van der Waals surface area (Å²) in [5.74, 6) is -0.233. The predicted molar refractivity (Wildman–Crippen MR) is 120 cm³/mol. The summed E-state index contributed by atoms with van der Waals surface area (Å²) < 4.78 is 10.4. The molecule has 4 rings (SSSR count). The van der Waals surface area contributed by atoms with E-state index in [1.54, 1.807) is 48.0 Å². The second kappa shape index (κ2) is 8.94. The summed E-state index contributed by atoms with van der Waals surface area (Å²) in [6.45, 7) is 4.32. The van der Waals surface area contributed by atoms with Crippen molar-refractivity contribution >= 4 is 29.1 Å². The average molecular weight is 471 g/mol. The van der Waals surface area contributed by atoms with Gasteiger partial charge in [0.05, 0.1) is 41.0 Å². The standard InChI is InChI=1S/C21H23ClN8O3/c1-12-18(22)13(2)30(27-12)11-15-5-6-17(33-15)20(31)26-16-9-25-29(4)19(16)21(32)23-7-14-8-24-28(3)10-14/h5-6,8-10H,7,11H2,1-4H3,(H,23,32)(H,26,31). The zero-order chi connectivity index (χ0) is 23.7. The molecule has 4 heterocycles. The largest absolute Gasteiger partial charge is 0.454 e. The maximum Gasteiger partial charge on any atom is 0.291 e. The third kappa shape index (κ3) is 4.67. The fourth-order valence-corrected chi connectivity index (χ4v) is 3.51. The first-order chi connectivity index (χ1) is 15.7. The van der Waals surface area contributed by atoms with Crippen LogP contribution in [-0.2, 0) is 27.2 Å². The van der Waals surface area contributed by atoms with Gasteiger partial charge in [0.2, 0.25) is 0 Å². The molecule has 12 heteroatoms. The van der Waals surface area contributed by atoms with Crippen LogP contribution in [0, 0.1) is 13.8 Å². The molecule has 0 aliphatic carbocycles. The van der Waals surface area contributed by atoms with Crippen LogP contribution in [0.2, 0.25) is 5.02 Å². The van der Waals surface area contributed by atoms with Gasteiger partial charge in [-0.25, -0.2) is 0 Å². The molecule has 0 atom stereocenters. The fraction of sp³-hybridized carbons (Fsp3) is 0.286. The molecule has 0 aromatic carbocycles. The lowest BCUT2D eigenvalue weighted by Crippen LogP contribution is -2.26. The molecule has 0 radical (unpaired) electrons. The molecule has 0 saturated heterocycles. The lowest BCUT2D eigenvalue weighted by molar-refractivity contribution is 0.0942. The maximum absolute atomic E-state index is 12.7. The molecule has 2 N–H and O–H groups in total. The summed E-state index contributed by atoms with van der Waals surface area (Å²) in [6, 6.07) is 3.26. The molecule has 4 aromatic rings. The van der Waals surface area contributed by atoms with Crippen LogP contribution in [0.25, 0.3) is 0 Å². The van der Waals surface area contributed by atoms with Gasteiger partial charge in [0.15, 0.2) is 5.76 Å². The van der Waals surface area contributed by atoms with Crippen molar-refractivity contribution < 1.29 is 14.0 Å². The van der Waals surface area contributed by atoms with Crippen molar-refractivity contribution in [1.29, 1.82) is 0 Å². The number of hydrogen-bond acceptors (Lipinski definition) is 6. The molecule has 0 aliphatic heterocycles. The zero-order valence-corrected chi connectivity index (χ0v) is 19.3. The van der Waals surface area contributed by atoms with Crippen LogP contribution in [0.1, 0.15) is 43.8 Å². The van der Waals surface area contributed by atoms with E-state index in [1.165, 1.54) is 10.9 Å². The third-order valence-corrected chi connectivity index (χ3v) is 5.64. The van der Waals surface area contributed by atoms with Gasteiger partial charge in [-0.05, 0) is 26.0 Å². The van der Waals surface area contributed by atoms with Crippen LogP contribution < -0.4 is 10.6 Å². The number of aryl methyl sites for hydroxylation is 3. The monoisotopic (exact) mass is 470 g/mol. The third-order valence-electron chi connectivity index (χ3n) is 5.10. The zero-order valence-electron chi connectivity index (χ0n) is 18.6. The molecule has 0 saturated carbocycles. The molecular weight excluding hydrogens is 448 g/mol. The quantitative estimate of drug-likeness (QED) is 0.427. The van der Waals surface area contributed by atoms with E-state index < -0.39 is 5.91 Å². The molecule has 4 aromatic heterocycles. The number of hydrogen-bond donors (Lipinski definition) is 2. The molecule has 2 amide bonds. The Labute approximate surface area is 194 Å². The van der Waals surface area contributed by atoms with Crippen LogP contribution >= 0.6 is 11.6 Å². The van der Waals surface area contributed by atoms with E-state index >= 15 is 0 Å². The minimum Gasteiger partial charge on any atom is -0.454 e. The first-order valence-corrected chi connectivity index (χ1v) is 10.5. The number of amides is 2. The molecule has 0 bridgehead atoms. The number of carbonyl (C=O) groups is 2. The Kier molecular flexibility index (Phi) is 6.05. The van der Waals surface area contributed by atoms with Gasteiger partial charge in [-0.2, -0.15) is 15.3 Å². The van der Waals surface area contributed by atoms with Crippen molar-refractivity contribution in [3.8, 4) is 0 Å². The molecule has 0 fully saturated rings. The minimum absolute atomic E-state index is 0.100. The lowest BCUT2D eigenvalue weighted by atomic mass is 10.3. The van der Waals surface area contributed by atoms with Crippen molar-refractivity contribution in [2.45, 2.75) is 26.9 Å². The topological polar surface area (TPSA) is 125 Å². The van der Waals surface area contributed by atoms with E-state index in [9.17, 15) is 9.59 Å². The number of carbonyl (C=O) groups excluding carboxylic acids is 2. The molecule has 0 aliphatic rings. The highest BCUT2D eigenvalue weighted by Gasteiger charge is 2.21. The number of furan rings is 1. The van der Waals surface area contributed by atoms with E-state index in [2.05, 4.69) is 25.9 Å². The van der Waals surface area contributed by atoms with Gasteiger partial charge in [0, 0.05) is 32.4 Å². The molecular formula is C21H23ClN8O3. The van der Waals surface area contributed by atoms with Crippen molar-refractivity contribution in [2.75, 3.05) is 5.32 Å². The summed E-state index contributed by atoms with van der Waals surface area (Å²) in [5.41, 5.74) is 2.88. The van der Waals surface area contributed by atoms with Crippen LogP contribution in [-0.4, -0.2) is 41.2 Å². The Morgan fingerprint density at radius 3 is 2.58 bits per heavy atom. The number of anilines is 1. The Balaban J connectivity index is 1.44. The number of nitrogens with one attached hydrogen (secondary N) is 2. The second-order valence-corrected chi connectivity index (χ2v) is 7.98. The van der Waals surface area contributed by atoms with Crippen LogP contribution in [0.3, 0.4) is 0 Å². The Hall–Kier alpha value is -3.86. The number of rotatable bonds is 7. The number of aromatic nitrogens is 6. The Morgan fingerprint density at radius 1 is 1.12 bits per heavy atom. The summed E-state index contributed by atoms with van der Waals surface area (Å²) in [5, 5.41) is 18.6. The van der Waals surface area contributed by atoms with E-state index in [0.717, 1.165) is 17.0 Å². The van der Waals surface area contributed by atoms with Gasteiger partial charge in [-0.3, -0.25) is 23.6 Å². The van der Waals surface area contributed by atoms with Gasteiger partial charge in [0.1, 0.15) is 11.5 Å². The molecule has 11 nitrogen and oxygen atoms in total. The van der Waals surface area contributed by atoms with E-state index in [1.807, 2.05) is 13.8 Å². The molecule has 0 spiro atoms. The highest BCUT2D eigenvalue weighted by Crippen LogP contribution is 2.21. The SMILES string of the molecule is Cc1nn(Cc2ccc(C(=O)Nc3cnn(C)c3C(=O)NCc3cnn(C)c3)o2)c(C)c1Cl. The van der Waals surface area contributed by atoms with E-state index in [0.29, 0.717) is 23.9 Å². The van der Waals surface area contributed by atoms with Crippen LogP contribution in [0.15, 0.2) is 35.1 Å². The highest BCUT2D eigenvalue weighted by atomic mass is 35.5. The van der Waals surface area contributed by atoms with E-state index in [-0.39, 0.29) is 23.0 Å². The van der Waals surface area contributed by atoms with Crippen molar-refractivity contribution in [1.82, 2.24) is 34.7 Å². The van der Waals surface area contributed by atoms with Gasteiger partial charge in [-0.1, -0.05) is 11.6 Å². The average Bonchev–Trinajstić information content (AvgIpc) is 3.54. The highest BCUT2D eigenvalue weighted by molar-refractivity contribution is 6.31. The Bertz CT molecular complexity index is 1330. The first-order valence-electron chi connectivity index (χ1n) is 10.1. The van der Waals surface area contributed by atoms with Crippen molar-refractivity contribution in [3.05, 3.63) is 69.9 Å². The van der Waals surface area contributed by atoms with Crippen LogP contribution in [0.5, 0.6) is 0 Å². The predicted octanol–water partition coefficient (Wildman–Crippen LogP) is 2.44. The Morgan fingerprint density at radius 2 is 1.91 bits per heavy atom. The first kappa shape index (κ1) is 22.3. The molecule has 0 unspecified atom stereocenters. The maximum atomic E-state index is 12.7. The smallest absolute Gasteiger partial charge is 0.291 e. The molecule has 33 heavy (non-hydrogen) atoms. The fourth-order valence-electron chi connectivity index (χ4n) is 3.37. The van der Waals surface area contributed by atoms with Crippen molar-refractivity contribution in [3.63, 3.8) is 0 Å². The number of halogens is 1. The van der Waals surface area contributed by atoms with Gasteiger partial charge >= 0.3 is 0 Å². The summed E-state index contributed by atoms with van der Waals surface area (Å²) >= 11 is 6.19. The van der Waals surface area contributed by atoms with Gasteiger partial charge in [0.25, 0.3) is 11.8 Å². The van der Waals surface area contributed by atoms with Crippen molar-refractivity contribution in [2.24, 2.45) is 14.1 Å². The van der Waals surface area contributed by atoms with Gasteiger partial charge < -0.3 is 15.1 Å². The van der Waals surface area contributed by atoms with E-state index in [4.69, 9.17) is 16.0 Å². The summed E-state index contributed by atoms with van der Waals surface area (Å²) in [6.07, 6.45) is 4.89. The van der Waals surface area contributed by atoms with Gasteiger partial charge in [-0.15, -0.1) is 0 Å². The summed E-state index contributed by atoms with van der Waals surface area (Å²) in [7, 11) is 3.42. The second-order valence-electron chi connectivity index (χ2n) is 7.60. The summed E-state index contributed by atoms with van der Waals surface area (Å²) in [4.78, 5) is 25.5. The molecule has 172 valence electrons. The number of nitrogens with zero attached hydrogens (tertiary/aromatic N) is 6. The minimum atomic E-state index is -0.498. The normalized spacial score (nSPS) is 11.1. The lowest BCUT2D eigenvalue weighted by Gasteiger charge is -2.08.